The number of amides is 2. The first-order valence-corrected chi connectivity index (χ1v) is 9.84. The van der Waals surface area contributed by atoms with Crippen LogP contribution in [0.2, 0.25) is 0 Å². The van der Waals surface area contributed by atoms with Crippen molar-refractivity contribution in [3.05, 3.63) is 53.8 Å². The highest BCUT2D eigenvalue weighted by molar-refractivity contribution is 5.99. The van der Waals surface area contributed by atoms with Crippen molar-refractivity contribution in [2.75, 3.05) is 17.7 Å². The predicted molar refractivity (Wildman–Crippen MR) is 116 cm³/mol. The summed E-state index contributed by atoms with van der Waals surface area (Å²) in [6.45, 7) is 5.15. The van der Waals surface area contributed by atoms with Gasteiger partial charge in [-0.25, -0.2) is 9.18 Å². The molecule has 0 aliphatic carbocycles. The number of benzene rings is 2. The number of hydrogen-bond donors (Lipinski definition) is 2. The van der Waals surface area contributed by atoms with Crippen LogP contribution in [0.3, 0.4) is 0 Å². The molecular formula is C23H27FN2O5. The van der Waals surface area contributed by atoms with Crippen LogP contribution in [-0.2, 0) is 9.53 Å². The van der Waals surface area contributed by atoms with Crippen molar-refractivity contribution in [1.82, 2.24) is 0 Å². The van der Waals surface area contributed by atoms with Gasteiger partial charge in [0.05, 0.1) is 18.5 Å². The fraction of sp³-hybridized carbons (Fsp3) is 0.348. The molecule has 0 aliphatic rings. The second kappa shape index (κ2) is 10.6. The second-order valence-corrected chi connectivity index (χ2v) is 7.87. The maximum atomic E-state index is 13.7. The molecule has 0 atom stereocenters. The van der Waals surface area contributed by atoms with Crippen molar-refractivity contribution < 1.29 is 28.2 Å². The normalized spacial score (nSPS) is 10.9. The van der Waals surface area contributed by atoms with Gasteiger partial charge in [-0.05, 0) is 69.7 Å². The van der Waals surface area contributed by atoms with Crippen LogP contribution in [0, 0.1) is 5.82 Å². The lowest BCUT2D eigenvalue weighted by Crippen LogP contribution is -2.27. The number of carbonyl (C=O) groups is 3. The molecule has 0 aromatic heterocycles. The molecule has 0 unspecified atom stereocenters. The molecule has 2 aromatic rings. The summed E-state index contributed by atoms with van der Waals surface area (Å²) in [5, 5.41) is 5.07. The maximum absolute atomic E-state index is 13.7. The molecule has 8 heteroatoms. The van der Waals surface area contributed by atoms with Gasteiger partial charge in [-0.15, -0.1) is 0 Å². The average molecular weight is 430 g/mol. The maximum Gasteiger partial charge on any atom is 0.412 e. The van der Waals surface area contributed by atoms with Crippen molar-refractivity contribution in [1.29, 1.82) is 0 Å². The lowest BCUT2D eigenvalue weighted by atomic mass is 10.1. The number of methoxy groups -OCH3 is 1. The van der Waals surface area contributed by atoms with Crippen LogP contribution in [0.1, 0.15) is 50.4 Å². The summed E-state index contributed by atoms with van der Waals surface area (Å²) in [6, 6.07) is 10.3. The molecule has 0 bridgehead atoms. The van der Waals surface area contributed by atoms with Crippen molar-refractivity contribution in [3.63, 3.8) is 0 Å². The van der Waals surface area contributed by atoms with Crippen LogP contribution >= 0.6 is 0 Å². The minimum absolute atomic E-state index is 0.0598. The van der Waals surface area contributed by atoms with Gasteiger partial charge in [0.25, 0.3) is 0 Å². The highest BCUT2D eigenvalue weighted by Gasteiger charge is 2.18. The van der Waals surface area contributed by atoms with E-state index in [4.69, 9.17) is 9.47 Å². The number of ketones is 1. The summed E-state index contributed by atoms with van der Waals surface area (Å²) < 4.78 is 23.9. The van der Waals surface area contributed by atoms with Gasteiger partial charge in [-0.3, -0.25) is 14.9 Å². The summed E-state index contributed by atoms with van der Waals surface area (Å²) in [6.07, 6.45) is -0.156. The molecular weight excluding hydrogens is 403 g/mol. The molecule has 0 heterocycles. The number of halogens is 1. The first-order valence-electron chi connectivity index (χ1n) is 9.84. The van der Waals surface area contributed by atoms with Crippen LogP contribution in [0.4, 0.5) is 20.6 Å². The van der Waals surface area contributed by atoms with Gasteiger partial charge in [-0.1, -0.05) is 0 Å². The minimum Gasteiger partial charge on any atom is -0.497 e. The third kappa shape index (κ3) is 8.08. The van der Waals surface area contributed by atoms with Gasteiger partial charge >= 0.3 is 6.09 Å². The van der Waals surface area contributed by atoms with E-state index in [1.807, 2.05) is 0 Å². The zero-order valence-corrected chi connectivity index (χ0v) is 18.1. The Labute approximate surface area is 180 Å². The number of Topliss-reactive ketones (excluding diaryl/α,β-unsaturated/α-hetero) is 1. The molecule has 2 rings (SSSR count). The molecule has 0 fully saturated rings. The highest BCUT2D eigenvalue weighted by Crippen LogP contribution is 2.24. The van der Waals surface area contributed by atoms with Crippen molar-refractivity contribution in [3.8, 4) is 5.75 Å². The Morgan fingerprint density at radius 2 is 1.61 bits per heavy atom. The standard InChI is InChI=1S/C23H27FN2O5/c1-23(2,3)31-22(29)26-18-13-10-16(24)14-19(18)25-21(28)7-5-6-20(27)15-8-11-17(30-4)12-9-15/h8-14H,5-7H2,1-4H3,(H,25,28)(H,26,29). The van der Waals surface area contributed by atoms with E-state index in [0.29, 0.717) is 17.7 Å². The molecule has 2 N–H and O–H groups in total. The average Bonchev–Trinajstić information content (AvgIpc) is 2.68. The van der Waals surface area contributed by atoms with E-state index in [9.17, 15) is 18.8 Å². The van der Waals surface area contributed by atoms with E-state index in [2.05, 4.69) is 10.6 Å². The van der Waals surface area contributed by atoms with Crippen molar-refractivity contribution >= 4 is 29.2 Å². The molecule has 31 heavy (non-hydrogen) atoms. The Morgan fingerprint density at radius 1 is 0.935 bits per heavy atom. The number of anilines is 2. The number of carbonyl (C=O) groups excluding carboxylic acids is 3. The quantitative estimate of drug-likeness (QED) is 0.563. The fourth-order valence-corrected chi connectivity index (χ4v) is 2.69. The first kappa shape index (κ1) is 23.9. The zero-order chi connectivity index (χ0) is 23.0. The van der Waals surface area contributed by atoms with E-state index in [1.165, 1.54) is 6.07 Å². The summed E-state index contributed by atoms with van der Waals surface area (Å²) in [5.41, 5.74) is 0.148. The third-order valence-electron chi connectivity index (χ3n) is 4.11. The predicted octanol–water partition coefficient (Wildman–Crippen LogP) is 5.17. The van der Waals surface area contributed by atoms with E-state index in [-0.39, 0.29) is 30.0 Å². The van der Waals surface area contributed by atoms with Gasteiger partial charge in [-0.2, -0.15) is 0 Å². The van der Waals surface area contributed by atoms with E-state index >= 15 is 0 Å². The molecule has 2 amide bonds. The van der Waals surface area contributed by atoms with Crippen LogP contribution < -0.4 is 15.4 Å². The molecule has 0 radical (unpaired) electrons. The second-order valence-electron chi connectivity index (χ2n) is 7.87. The summed E-state index contributed by atoms with van der Waals surface area (Å²) in [5.74, 6) is -0.407. The lowest BCUT2D eigenvalue weighted by Gasteiger charge is -2.20. The Balaban J connectivity index is 1.91. The van der Waals surface area contributed by atoms with Crippen LogP contribution in [0.15, 0.2) is 42.5 Å². The molecule has 7 nitrogen and oxygen atoms in total. The van der Waals surface area contributed by atoms with E-state index in [1.54, 1.807) is 52.1 Å². The van der Waals surface area contributed by atoms with Gasteiger partial charge in [0.2, 0.25) is 5.91 Å². The number of nitrogens with one attached hydrogen (secondary N) is 2. The lowest BCUT2D eigenvalue weighted by molar-refractivity contribution is -0.116. The largest absolute Gasteiger partial charge is 0.497 e. The molecule has 2 aromatic carbocycles. The molecule has 0 saturated heterocycles. The van der Waals surface area contributed by atoms with Gasteiger partial charge < -0.3 is 14.8 Å². The van der Waals surface area contributed by atoms with Crippen LogP contribution in [0.5, 0.6) is 5.75 Å². The highest BCUT2D eigenvalue weighted by atomic mass is 19.1. The molecule has 0 saturated carbocycles. The SMILES string of the molecule is COc1ccc(C(=O)CCCC(=O)Nc2cc(F)ccc2NC(=O)OC(C)(C)C)cc1. The Morgan fingerprint density at radius 3 is 2.23 bits per heavy atom. The Kier molecular flexibility index (Phi) is 8.13. The summed E-state index contributed by atoms with van der Waals surface area (Å²) >= 11 is 0. The van der Waals surface area contributed by atoms with E-state index < -0.39 is 23.4 Å². The van der Waals surface area contributed by atoms with Gasteiger partial charge in [0, 0.05) is 18.4 Å². The fourth-order valence-electron chi connectivity index (χ4n) is 2.69. The van der Waals surface area contributed by atoms with Crippen LogP contribution in [-0.4, -0.2) is 30.5 Å². The number of rotatable bonds is 8. The van der Waals surface area contributed by atoms with Gasteiger partial charge in [0.1, 0.15) is 17.2 Å². The topological polar surface area (TPSA) is 93.7 Å². The smallest absolute Gasteiger partial charge is 0.412 e. The van der Waals surface area contributed by atoms with Crippen molar-refractivity contribution in [2.24, 2.45) is 0 Å². The molecule has 166 valence electrons. The Hall–Kier alpha value is -3.42. The first-order chi connectivity index (χ1) is 14.6. The minimum atomic E-state index is -0.723. The molecule has 0 aliphatic heterocycles. The van der Waals surface area contributed by atoms with Crippen molar-refractivity contribution in [2.45, 2.75) is 45.6 Å². The summed E-state index contributed by atoms with van der Waals surface area (Å²) in [4.78, 5) is 36.5. The number of hydrogen-bond acceptors (Lipinski definition) is 5. The molecule has 0 spiro atoms. The summed E-state index contributed by atoms with van der Waals surface area (Å²) in [7, 11) is 1.54. The third-order valence-corrected chi connectivity index (χ3v) is 4.11. The zero-order valence-electron chi connectivity index (χ0n) is 18.1. The number of ether oxygens (including phenoxy) is 2. The van der Waals surface area contributed by atoms with Gasteiger partial charge in [0.15, 0.2) is 5.78 Å². The van der Waals surface area contributed by atoms with Crippen LogP contribution in [0.25, 0.3) is 0 Å². The van der Waals surface area contributed by atoms with E-state index in [0.717, 1.165) is 12.1 Å². The Bertz CT molecular complexity index is 936. The monoisotopic (exact) mass is 430 g/mol.